The lowest BCUT2D eigenvalue weighted by Gasteiger charge is -2.25. The van der Waals surface area contributed by atoms with E-state index in [9.17, 15) is 0 Å². The van der Waals surface area contributed by atoms with Crippen LogP contribution in [0.4, 0.5) is 11.5 Å². The Bertz CT molecular complexity index is 658. The summed E-state index contributed by atoms with van der Waals surface area (Å²) in [5.74, 6) is 2.28. The summed E-state index contributed by atoms with van der Waals surface area (Å²) in [4.78, 5) is 11.2. The van der Waals surface area contributed by atoms with Crippen LogP contribution in [-0.4, -0.2) is 36.2 Å². The van der Waals surface area contributed by atoms with Gasteiger partial charge in [-0.2, -0.15) is 0 Å². The number of benzene rings is 1. The third-order valence-electron chi connectivity index (χ3n) is 3.96. The number of aromatic nitrogens is 2. The van der Waals surface area contributed by atoms with Gasteiger partial charge >= 0.3 is 0 Å². The summed E-state index contributed by atoms with van der Waals surface area (Å²) in [7, 11) is 0. The van der Waals surface area contributed by atoms with Crippen LogP contribution in [0, 0.1) is 5.92 Å². The van der Waals surface area contributed by atoms with Gasteiger partial charge in [-0.25, -0.2) is 9.97 Å². The number of anilines is 2. The normalized spacial score (nSPS) is 17.8. The topological polar surface area (TPSA) is 50.3 Å². The second-order valence-corrected chi connectivity index (χ2v) is 5.92. The van der Waals surface area contributed by atoms with Gasteiger partial charge < -0.3 is 15.0 Å². The molecule has 0 bridgehead atoms. The molecule has 118 valence electrons. The van der Waals surface area contributed by atoms with Crippen molar-refractivity contribution in [2.24, 2.45) is 5.92 Å². The Labute approximate surface area is 131 Å². The van der Waals surface area contributed by atoms with Crippen LogP contribution in [0.1, 0.15) is 27.2 Å². The summed E-state index contributed by atoms with van der Waals surface area (Å²) < 4.78 is 6.18. The van der Waals surface area contributed by atoms with Gasteiger partial charge in [-0.3, -0.25) is 0 Å². The van der Waals surface area contributed by atoms with E-state index in [-0.39, 0.29) is 0 Å². The van der Waals surface area contributed by atoms with Crippen molar-refractivity contribution in [2.75, 3.05) is 36.5 Å². The molecule has 2 aromatic rings. The third-order valence-corrected chi connectivity index (χ3v) is 3.96. The SMILES string of the molecule is CCCN1CC(C)COc2c1ccc1ncnc(NCC)c21. The van der Waals surface area contributed by atoms with Crippen molar-refractivity contribution in [1.29, 1.82) is 0 Å². The van der Waals surface area contributed by atoms with Gasteiger partial charge in [0.2, 0.25) is 0 Å². The molecule has 5 nitrogen and oxygen atoms in total. The van der Waals surface area contributed by atoms with E-state index in [0.717, 1.165) is 60.8 Å². The van der Waals surface area contributed by atoms with Crippen LogP contribution in [-0.2, 0) is 0 Å². The van der Waals surface area contributed by atoms with Gasteiger partial charge in [-0.15, -0.1) is 0 Å². The van der Waals surface area contributed by atoms with Gasteiger partial charge in [0.1, 0.15) is 12.1 Å². The van der Waals surface area contributed by atoms with E-state index in [1.165, 1.54) is 0 Å². The van der Waals surface area contributed by atoms with Crippen LogP contribution < -0.4 is 15.0 Å². The first-order chi connectivity index (χ1) is 10.7. The van der Waals surface area contributed by atoms with Crippen LogP contribution in [0.15, 0.2) is 18.5 Å². The molecule has 1 aliphatic heterocycles. The minimum Gasteiger partial charge on any atom is -0.490 e. The monoisotopic (exact) mass is 300 g/mol. The molecule has 1 N–H and O–H groups in total. The summed E-state index contributed by atoms with van der Waals surface area (Å²) in [6.45, 7) is 10.1. The maximum Gasteiger partial charge on any atom is 0.155 e. The fraction of sp³-hybridized carbons (Fsp3) is 0.529. The lowest BCUT2D eigenvalue weighted by atomic mass is 10.1. The van der Waals surface area contributed by atoms with Crippen molar-refractivity contribution in [1.82, 2.24) is 9.97 Å². The maximum absolute atomic E-state index is 6.18. The highest BCUT2D eigenvalue weighted by atomic mass is 16.5. The predicted octanol–water partition coefficient (Wildman–Crippen LogP) is 3.31. The Morgan fingerprint density at radius 2 is 2.18 bits per heavy atom. The molecular weight excluding hydrogens is 276 g/mol. The number of fused-ring (bicyclic) bond motifs is 3. The molecule has 2 heterocycles. The molecule has 1 atom stereocenters. The zero-order valence-electron chi connectivity index (χ0n) is 13.6. The second kappa shape index (κ2) is 6.38. The molecule has 1 aromatic carbocycles. The Kier molecular flexibility index (Phi) is 4.32. The van der Waals surface area contributed by atoms with Gasteiger partial charge in [-0.05, 0) is 25.5 Å². The molecule has 0 radical (unpaired) electrons. The zero-order chi connectivity index (χ0) is 15.5. The van der Waals surface area contributed by atoms with Crippen LogP contribution >= 0.6 is 0 Å². The van der Waals surface area contributed by atoms with Crippen LogP contribution in [0.5, 0.6) is 5.75 Å². The van der Waals surface area contributed by atoms with E-state index < -0.39 is 0 Å². The molecule has 1 aliphatic rings. The number of ether oxygens (including phenoxy) is 1. The Morgan fingerprint density at radius 3 is 2.95 bits per heavy atom. The highest BCUT2D eigenvalue weighted by Crippen LogP contribution is 2.40. The molecule has 0 spiro atoms. The van der Waals surface area contributed by atoms with Crippen molar-refractivity contribution in [2.45, 2.75) is 27.2 Å². The highest BCUT2D eigenvalue weighted by molar-refractivity contribution is 5.98. The molecule has 22 heavy (non-hydrogen) atoms. The second-order valence-electron chi connectivity index (χ2n) is 5.92. The molecule has 0 saturated heterocycles. The average Bonchev–Trinajstić information content (AvgIpc) is 2.67. The van der Waals surface area contributed by atoms with Crippen molar-refractivity contribution < 1.29 is 4.74 Å². The number of hydrogen-bond donors (Lipinski definition) is 1. The Hall–Kier alpha value is -2.04. The van der Waals surface area contributed by atoms with Crippen molar-refractivity contribution in [3.8, 4) is 5.75 Å². The summed E-state index contributed by atoms with van der Waals surface area (Å²) in [6, 6.07) is 4.20. The molecule has 1 aromatic heterocycles. The standard InChI is InChI=1S/C17H24N4O/c1-4-8-21-9-12(3)10-22-16-14(21)7-6-13-15(16)17(18-5-2)20-11-19-13/h6-7,11-12H,4-5,8-10H2,1-3H3,(H,18,19,20). The van der Waals surface area contributed by atoms with E-state index in [1.54, 1.807) is 6.33 Å². The summed E-state index contributed by atoms with van der Waals surface area (Å²) >= 11 is 0. The quantitative estimate of drug-likeness (QED) is 0.939. The lowest BCUT2D eigenvalue weighted by molar-refractivity contribution is 0.276. The Balaban J connectivity index is 2.19. The van der Waals surface area contributed by atoms with Gasteiger partial charge in [0, 0.05) is 25.6 Å². The molecule has 0 aliphatic carbocycles. The van der Waals surface area contributed by atoms with Gasteiger partial charge in [-0.1, -0.05) is 13.8 Å². The first-order valence-electron chi connectivity index (χ1n) is 8.13. The predicted molar refractivity (Wildman–Crippen MR) is 90.9 cm³/mol. The first-order valence-corrected chi connectivity index (χ1v) is 8.13. The zero-order valence-corrected chi connectivity index (χ0v) is 13.6. The Morgan fingerprint density at radius 1 is 1.32 bits per heavy atom. The van der Waals surface area contributed by atoms with Crippen molar-refractivity contribution >= 4 is 22.4 Å². The number of nitrogens with zero attached hydrogens (tertiary/aromatic N) is 3. The van der Waals surface area contributed by atoms with Gasteiger partial charge in [0.05, 0.1) is 23.2 Å². The summed E-state index contributed by atoms with van der Waals surface area (Å²) in [5.41, 5.74) is 2.09. The molecule has 0 fully saturated rings. The number of hydrogen-bond acceptors (Lipinski definition) is 5. The maximum atomic E-state index is 6.18. The largest absolute Gasteiger partial charge is 0.490 e. The summed E-state index contributed by atoms with van der Waals surface area (Å²) in [5, 5.41) is 4.33. The summed E-state index contributed by atoms with van der Waals surface area (Å²) in [6.07, 6.45) is 2.73. The highest BCUT2D eigenvalue weighted by Gasteiger charge is 2.23. The lowest BCUT2D eigenvalue weighted by Crippen LogP contribution is -2.29. The first kappa shape index (κ1) is 14.9. The van der Waals surface area contributed by atoms with Crippen LogP contribution in [0.2, 0.25) is 0 Å². The van der Waals surface area contributed by atoms with Crippen LogP contribution in [0.25, 0.3) is 10.9 Å². The van der Waals surface area contributed by atoms with E-state index in [1.807, 2.05) is 0 Å². The van der Waals surface area contributed by atoms with Gasteiger partial charge in [0.25, 0.3) is 0 Å². The average molecular weight is 300 g/mol. The van der Waals surface area contributed by atoms with E-state index in [0.29, 0.717) is 5.92 Å². The van der Waals surface area contributed by atoms with Crippen molar-refractivity contribution in [3.63, 3.8) is 0 Å². The van der Waals surface area contributed by atoms with E-state index in [2.05, 4.69) is 53.1 Å². The number of rotatable bonds is 4. The van der Waals surface area contributed by atoms with E-state index >= 15 is 0 Å². The molecule has 0 saturated carbocycles. The molecule has 0 amide bonds. The third kappa shape index (κ3) is 2.67. The fourth-order valence-electron chi connectivity index (χ4n) is 3.04. The molecule has 3 rings (SSSR count). The van der Waals surface area contributed by atoms with Crippen LogP contribution in [0.3, 0.4) is 0 Å². The van der Waals surface area contributed by atoms with Gasteiger partial charge in [0.15, 0.2) is 5.75 Å². The minimum atomic E-state index is 0.501. The van der Waals surface area contributed by atoms with E-state index in [4.69, 9.17) is 4.74 Å². The number of nitrogens with one attached hydrogen (secondary N) is 1. The molecule has 5 heteroatoms. The molecule has 1 unspecified atom stereocenters. The van der Waals surface area contributed by atoms with Crippen molar-refractivity contribution in [3.05, 3.63) is 18.5 Å². The smallest absolute Gasteiger partial charge is 0.155 e. The molecular formula is C17H24N4O. The fourth-order valence-corrected chi connectivity index (χ4v) is 3.04. The minimum absolute atomic E-state index is 0.501.